The highest BCUT2D eigenvalue weighted by Crippen LogP contribution is 2.24. The summed E-state index contributed by atoms with van der Waals surface area (Å²) < 4.78 is 0. The summed E-state index contributed by atoms with van der Waals surface area (Å²) in [5.41, 5.74) is 9.92. The van der Waals surface area contributed by atoms with Crippen LogP contribution in [-0.4, -0.2) is 36.4 Å². The first-order valence-electron chi connectivity index (χ1n) is 8.56. The van der Waals surface area contributed by atoms with Crippen molar-refractivity contribution in [2.24, 2.45) is 16.6 Å². The molecule has 1 heterocycles. The van der Waals surface area contributed by atoms with Crippen LogP contribution in [0, 0.1) is 5.92 Å². The van der Waals surface area contributed by atoms with E-state index >= 15 is 0 Å². The molecule has 5 nitrogen and oxygen atoms in total. The molecule has 0 saturated carbocycles. The van der Waals surface area contributed by atoms with E-state index in [1.807, 2.05) is 4.90 Å². The fourth-order valence-electron chi connectivity index (χ4n) is 3.56. The molecule has 0 spiro atoms. The number of hydrogen-bond donors (Lipinski definition) is 2. The first-order chi connectivity index (χ1) is 11.1. The number of piperidine rings is 1. The number of amides is 1. The summed E-state index contributed by atoms with van der Waals surface area (Å²) >= 11 is 0. The van der Waals surface area contributed by atoms with Gasteiger partial charge in [-0.2, -0.15) is 0 Å². The second-order valence-corrected chi connectivity index (χ2v) is 6.66. The number of carbonyl (C=O) groups is 1. The Balaban J connectivity index is 0.00000208. The zero-order valence-corrected chi connectivity index (χ0v) is 16.6. The predicted octanol–water partition coefficient (Wildman–Crippen LogP) is 2.78. The maximum absolute atomic E-state index is 11.5. The Morgan fingerprint density at radius 3 is 2.92 bits per heavy atom. The van der Waals surface area contributed by atoms with Gasteiger partial charge in [-0.15, -0.1) is 24.0 Å². The Kier molecular flexibility index (Phi) is 6.89. The fourth-order valence-corrected chi connectivity index (χ4v) is 3.56. The third kappa shape index (κ3) is 4.84. The number of fused-ring (bicyclic) bond motifs is 1. The van der Waals surface area contributed by atoms with Gasteiger partial charge in [-0.05, 0) is 61.3 Å². The van der Waals surface area contributed by atoms with E-state index in [9.17, 15) is 4.79 Å². The average molecular weight is 442 g/mol. The smallest absolute Gasteiger partial charge is 0.219 e. The number of nitrogens with zero attached hydrogens (tertiary/aromatic N) is 2. The lowest BCUT2D eigenvalue weighted by atomic mass is 9.98. The molecule has 1 aromatic rings. The number of aliphatic imine (C=N–C) groups is 1. The predicted molar refractivity (Wildman–Crippen MR) is 109 cm³/mol. The molecule has 24 heavy (non-hydrogen) atoms. The lowest BCUT2D eigenvalue weighted by Crippen LogP contribution is -2.39. The molecule has 3 rings (SSSR count). The molecule has 1 amide bonds. The number of aryl methyl sites for hydroxylation is 2. The standard InChI is InChI=1S/C18H26N4O.HI/c1-13(23)22-9-3-4-14(12-22)11-20-18(19)21-17-8-7-15-5-2-6-16(15)10-17;/h7-8,10,14H,2-6,9,11-12H2,1H3,(H3,19,20,21);1H. The van der Waals surface area contributed by atoms with E-state index in [2.05, 4.69) is 28.5 Å². The number of anilines is 1. The highest BCUT2D eigenvalue weighted by Gasteiger charge is 2.21. The van der Waals surface area contributed by atoms with Gasteiger partial charge in [0.1, 0.15) is 0 Å². The normalized spacial score (nSPS) is 20.3. The van der Waals surface area contributed by atoms with Gasteiger partial charge < -0.3 is 16.0 Å². The van der Waals surface area contributed by atoms with Crippen molar-refractivity contribution < 1.29 is 4.79 Å². The molecule has 1 saturated heterocycles. The summed E-state index contributed by atoms with van der Waals surface area (Å²) in [7, 11) is 0. The Morgan fingerprint density at radius 2 is 2.12 bits per heavy atom. The van der Waals surface area contributed by atoms with E-state index < -0.39 is 0 Å². The second-order valence-electron chi connectivity index (χ2n) is 6.66. The molecule has 0 aromatic heterocycles. The summed E-state index contributed by atoms with van der Waals surface area (Å²) in [6.07, 6.45) is 5.76. The first-order valence-corrected chi connectivity index (χ1v) is 8.56. The first kappa shape index (κ1) is 19.0. The summed E-state index contributed by atoms with van der Waals surface area (Å²) in [5.74, 6) is 1.03. The van der Waals surface area contributed by atoms with Crippen molar-refractivity contribution in [2.75, 3.05) is 25.0 Å². The Bertz CT molecular complexity index is 617. The van der Waals surface area contributed by atoms with Crippen molar-refractivity contribution in [1.82, 2.24) is 4.90 Å². The van der Waals surface area contributed by atoms with Crippen LogP contribution >= 0.6 is 24.0 Å². The van der Waals surface area contributed by atoms with Gasteiger partial charge in [0.15, 0.2) is 5.96 Å². The molecule has 1 unspecified atom stereocenters. The molecule has 1 fully saturated rings. The van der Waals surface area contributed by atoms with Gasteiger partial charge in [-0.3, -0.25) is 9.79 Å². The van der Waals surface area contributed by atoms with Crippen molar-refractivity contribution in [3.63, 3.8) is 0 Å². The van der Waals surface area contributed by atoms with Gasteiger partial charge >= 0.3 is 0 Å². The van der Waals surface area contributed by atoms with Crippen LogP contribution in [0.4, 0.5) is 5.69 Å². The van der Waals surface area contributed by atoms with Gasteiger partial charge in [0.05, 0.1) is 0 Å². The molecule has 1 atom stereocenters. The van der Waals surface area contributed by atoms with Crippen LogP contribution < -0.4 is 11.1 Å². The second kappa shape index (κ2) is 8.69. The van der Waals surface area contributed by atoms with Crippen LogP contribution in [0.1, 0.15) is 37.3 Å². The fraction of sp³-hybridized carbons (Fsp3) is 0.556. The third-order valence-corrected chi connectivity index (χ3v) is 4.86. The lowest BCUT2D eigenvalue weighted by Gasteiger charge is -2.31. The highest BCUT2D eigenvalue weighted by atomic mass is 127. The number of nitrogens with two attached hydrogens (primary N) is 1. The number of carbonyl (C=O) groups excluding carboxylic acids is 1. The van der Waals surface area contributed by atoms with E-state index in [0.717, 1.165) is 38.0 Å². The molecular formula is C18H27IN4O. The number of rotatable bonds is 3. The number of halogens is 1. The van der Waals surface area contributed by atoms with Crippen molar-refractivity contribution >= 4 is 41.5 Å². The van der Waals surface area contributed by atoms with Gasteiger partial charge in [0.25, 0.3) is 0 Å². The number of guanidine groups is 1. The number of nitrogens with one attached hydrogen (secondary N) is 1. The molecular weight excluding hydrogens is 415 g/mol. The lowest BCUT2D eigenvalue weighted by molar-refractivity contribution is -0.130. The molecule has 132 valence electrons. The van der Waals surface area contributed by atoms with Crippen molar-refractivity contribution in [3.05, 3.63) is 29.3 Å². The number of likely N-dealkylation sites (tertiary alicyclic amines) is 1. The topological polar surface area (TPSA) is 70.7 Å². The van der Waals surface area contributed by atoms with Crippen LogP contribution in [0.5, 0.6) is 0 Å². The highest BCUT2D eigenvalue weighted by molar-refractivity contribution is 14.0. The average Bonchev–Trinajstić information content (AvgIpc) is 3.01. The quantitative estimate of drug-likeness (QED) is 0.430. The number of benzene rings is 1. The van der Waals surface area contributed by atoms with Crippen molar-refractivity contribution in [3.8, 4) is 0 Å². The minimum absolute atomic E-state index is 0. The molecule has 1 aromatic carbocycles. The molecule has 6 heteroatoms. The van der Waals surface area contributed by atoms with E-state index in [1.165, 1.54) is 24.0 Å². The number of hydrogen-bond acceptors (Lipinski definition) is 2. The Hall–Kier alpha value is -1.31. The van der Waals surface area contributed by atoms with Crippen molar-refractivity contribution in [2.45, 2.75) is 39.0 Å². The van der Waals surface area contributed by atoms with Crippen LogP contribution in [0.3, 0.4) is 0 Å². The van der Waals surface area contributed by atoms with Crippen LogP contribution in [0.2, 0.25) is 0 Å². The summed E-state index contributed by atoms with van der Waals surface area (Å²) in [4.78, 5) is 17.9. The van der Waals surface area contributed by atoms with Gasteiger partial charge in [-0.25, -0.2) is 0 Å². The van der Waals surface area contributed by atoms with E-state index in [0.29, 0.717) is 18.4 Å². The van der Waals surface area contributed by atoms with Gasteiger partial charge in [0, 0.05) is 32.2 Å². The molecule has 3 N–H and O–H groups in total. The zero-order valence-electron chi connectivity index (χ0n) is 14.3. The van der Waals surface area contributed by atoms with Gasteiger partial charge in [0.2, 0.25) is 5.91 Å². The molecule has 0 bridgehead atoms. The van der Waals surface area contributed by atoms with Crippen LogP contribution in [0.25, 0.3) is 0 Å². The molecule has 1 aliphatic heterocycles. The van der Waals surface area contributed by atoms with E-state index in [4.69, 9.17) is 5.73 Å². The Labute approximate surface area is 161 Å². The van der Waals surface area contributed by atoms with Crippen LogP contribution in [0.15, 0.2) is 23.2 Å². The monoisotopic (exact) mass is 442 g/mol. The summed E-state index contributed by atoms with van der Waals surface area (Å²) in [6.45, 7) is 3.98. The van der Waals surface area contributed by atoms with E-state index in [1.54, 1.807) is 6.92 Å². The molecule has 0 radical (unpaired) electrons. The van der Waals surface area contributed by atoms with E-state index in [-0.39, 0.29) is 29.9 Å². The van der Waals surface area contributed by atoms with Gasteiger partial charge in [-0.1, -0.05) is 6.07 Å². The maximum Gasteiger partial charge on any atom is 0.219 e. The summed E-state index contributed by atoms with van der Waals surface area (Å²) in [5, 5.41) is 3.19. The largest absolute Gasteiger partial charge is 0.370 e. The maximum atomic E-state index is 11.5. The minimum Gasteiger partial charge on any atom is -0.370 e. The Morgan fingerprint density at radius 1 is 1.33 bits per heavy atom. The SMILES string of the molecule is CC(=O)N1CCCC(CN=C(N)Nc2ccc3c(c2)CCC3)C1.I. The summed E-state index contributed by atoms with van der Waals surface area (Å²) in [6, 6.07) is 6.44. The zero-order chi connectivity index (χ0) is 16.2. The molecule has 2 aliphatic rings. The van der Waals surface area contributed by atoms with Crippen molar-refractivity contribution in [1.29, 1.82) is 0 Å². The molecule has 1 aliphatic carbocycles. The van der Waals surface area contributed by atoms with Crippen LogP contribution in [-0.2, 0) is 17.6 Å². The minimum atomic E-state index is 0. The third-order valence-electron chi connectivity index (χ3n) is 4.86.